The van der Waals surface area contributed by atoms with Crippen molar-refractivity contribution in [1.82, 2.24) is 15.0 Å². The molecule has 1 N–H and O–H groups in total. The molecule has 0 amide bonds. The van der Waals surface area contributed by atoms with Crippen LogP contribution in [-0.2, 0) is 11.3 Å². The van der Waals surface area contributed by atoms with E-state index in [2.05, 4.69) is 25.0 Å². The predicted molar refractivity (Wildman–Crippen MR) is 71.5 cm³/mol. The van der Waals surface area contributed by atoms with Crippen molar-refractivity contribution < 1.29 is 14.3 Å². The monoisotopic (exact) mass is 274 g/mol. The van der Waals surface area contributed by atoms with E-state index in [0.29, 0.717) is 18.2 Å². The molecule has 7 nitrogen and oxygen atoms in total. The zero-order valence-electron chi connectivity index (χ0n) is 11.2. The van der Waals surface area contributed by atoms with E-state index in [0.717, 1.165) is 5.56 Å². The molecule has 0 bridgehead atoms. The Balaban J connectivity index is 2.05. The van der Waals surface area contributed by atoms with Crippen LogP contribution >= 0.6 is 0 Å². The van der Waals surface area contributed by atoms with Gasteiger partial charge in [-0.25, -0.2) is 19.7 Å². The van der Waals surface area contributed by atoms with Crippen LogP contribution in [0.25, 0.3) is 0 Å². The minimum absolute atomic E-state index is 0.0183. The number of methoxy groups -OCH3 is 2. The zero-order chi connectivity index (χ0) is 14.4. The summed E-state index contributed by atoms with van der Waals surface area (Å²) in [5.41, 5.74) is 0.982. The first-order valence-electron chi connectivity index (χ1n) is 5.87. The molecule has 0 spiro atoms. The number of carbonyl (C=O) groups excluding carboxylic acids is 1. The number of aromatic nitrogens is 3. The van der Waals surface area contributed by atoms with Gasteiger partial charge in [-0.1, -0.05) is 0 Å². The highest BCUT2D eigenvalue weighted by atomic mass is 16.5. The first-order chi connectivity index (χ1) is 9.72. The van der Waals surface area contributed by atoms with E-state index in [-0.39, 0.29) is 5.82 Å². The Morgan fingerprint density at radius 2 is 2.05 bits per heavy atom. The second-order valence-corrected chi connectivity index (χ2v) is 3.82. The minimum Gasteiger partial charge on any atom is -0.481 e. The standard InChI is InChI=1S/C13H14N4O3/c1-19-11-7-9(3-5-14-11)8-16-10-4-6-15-12(17-10)13(18)20-2/h3-7H,8H2,1-2H3,(H,15,16,17). The van der Waals surface area contributed by atoms with Crippen LogP contribution in [0.3, 0.4) is 0 Å². The van der Waals surface area contributed by atoms with Crippen LogP contribution in [0.4, 0.5) is 5.82 Å². The number of carbonyl (C=O) groups is 1. The summed E-state index contributed by atoms with van der Waals surface area (Å²) in [6, 6.07) is 5.35. The number of hydrogen-bond acceptors (Lipinski definition) is 7. The molecule has 2 heterocycles. The van der Waals surface area contributed by atoms with Crippen molar-refractivity contribution in [1.29, 1.82) is 0 Å². The summed E-state index contributed by atoms with van der Waals surface area (Å²) in [5.74, 6) is 0.530. The topological polar surface area (TPSA) is 86.2 Å². The maximum atomic E-state index is 11.3. The Labute approximate surface area is 116 Å². The Morgan fingerprint density at radius 3 is 2.80 bits per heavy atom. The van der Waals surface area contributed by atoms with E-state index in [1.807, 2.05) is 12.1 Å². The first kappa shape index (κ1) is 13.7. The molecule has 0 atom stereocenters. The molecule has 2 aromatic rings. The van der Waals surface area contributed by atoms with Crippen molar-refractivity contribution >= 4 is 11.8 Å². The van der Waals surface area contributed by atoms with Crippen LogP contribution in [-0.4, -0.2) is 35.1 Å². The third-order valence-electron chi connectivity index (χ3n) is 2.51. The largest absolute Gasteiger partial charge is 0.481 e. The summed E-state index contributed by atoms with van der Waals surface area (Å²) < 4.78 is 9.61. The fourth-order valence-electron chi connectivity index (χ4n) is 1.51. The fourth-order valence-corrected chi connectivity index (χ4v) is 1.51. The number of pyridine rings is 1. The summed E-state index contributed by atoms with van der Waals surface area (Å²) >= 11 is 0. The lowest BCUT2D eigenvalue weighted by Gasteiger charge is -2.07. The first-order valence-corrected chi connectivity index (χ1v) is 5.87. The molecule has 0 aliphatic rings. The van der Waals surface area contributed by atoms with E-state index in [1.54, 1.807) is 19.4 Å². The lowest BCUT2D eigenvalue weighted by molar-refractivity contribution is 0.0587. The Bertz CT molecular complexity index is 604. The molecule has 0 aromatic carbocycles. The quantitative estimate of drug-likeness (QED) is 0.822. The highest BCUT2D eigenvalue weighted by molar-refractivity contribution is 5.85. The predicted octanol–water partition coefficient (Wildman–Crippen LogP) is 1.28. The molecule has 2 aromatic heterocycles. The van der Waals surface area contributed by atoms with Gasteiger partial charge in [0.05, 0.1) is 14.2 Å². The summed E-state index contributed by atoms with van der Waals surface area (Å²) in [5, 5.41) is 3.09. The van der Waals surface area contributed by atoms with Crippen LogP contribution in [0.5, 0.6) is 5.88 Å². The Kier molecular flexibility index (Phi) is 4.43. The normalized spacial score (nSPS) is 9.90. The van der Waals surface area contributed by atoms with Crippen LogP contribution in [0.2, 0.25) is 0 Å². The average molecular weight is 274 g/mol. The van der Waals surface area contributed by atoms with E-state index in [9.17, 15) is 4.79 Å². The van der Waals surface area contributed by atoms with Gasteiger partial charge in [-0.15, -0.1) is 0 Å². The second-order valence-electron chi connectivity index (χ2n) is 3.82. The van der Waals surface area contributed by atoms with Gasteiger partial charge in [0.15, 0.2) is 0 Å². The molecular formula is C13H14N4O3. The van der Waals surface area contributed by atoms with Crippen molar-refractivity contribution in [3.63, 3.8) is 0 Å². The van der Waals surface area contributed by atoms with Crippen molar-refractivity contribution in [3.8, 4) is 5.88 Å². The molecule has 0 unspecified atom stereocenters. The van der Waals surface area contributed by atoms with Crippen LogP contribution in [0.1, 0.15) is 16.2 Å². The van der Waals surface area contributed by atoms with Gasteiger partial charge in [0.1, 0.15) is 5.82 Å². The zero-order valence-corrected chi connectivity index (χ0v) is 11.2. The third kappa shape index (κ3) is 3.41. The SMILES string of the molecule is COC(=O)c1nccc(NCc2ccnc(OC)c2)n1. The van der Waals surface area contributed by atoms with Gasteiger partial charge >= 0.3 is 5.97 Å². The second kappa shape index (κ2) is 6.46. The molecule has 104 valence electrons. The molecule has 0 saturated carbocycles. The molecular weight excluding hydrogens is 260 g/mol. The molecule has 0 aliphatic carbocycles. The fraction of sp³-hybridized carbons (Fsp3) is 0.231. The number of ether oxygens (including phenoxy) is 2. The van der Waals surface area contributed by atoms with Gasteiger partial charge in [-0.3, -0.25) is 0 Å². The number of rotatable bonds is 5. The van der Waals surface area contributed by atoms with E-state index >= 15 is 0 Å². The number of nitrogens with zero attached hydrogens (tertiary/aromatic N) is 3. The van der Waals surface area contributed by atoms with Gasteiger partial charge in [0.2, 0.25) is 11.7 Å². The van der Waals surface area contributed by atoms with Crippen molar-refractivity contribution in [2.24, 2.45) is 0 Å². The highest BCUT2D eigenvalue weighted by Gasteiger charge is 2.09. The lowest BCUT2D eigenvalue weighted by atomic mass is 10.2. The summed E-state index contributed by atoms with van der Waals surface area (Å²) in [4.78, 5) is 23.2. The smallest absolute Gasteiger partial charge is 0.376 e. The van der Waals surface area contributed by atoms with Gasteiger partial charge in [-0.2, -0.15) is 0 Å². The summed E-state index contributed by atoms with van der Waals surface area (Å²) in [6.45, 7) is 0.524. The van der Waals surface area contributed by atoms with E-state index < -0.39 is 5.97 Å². The lowest BCUT2D eigenvalue weighted by Crippen LogP contribution is -2.10. The van der Waals surface area contributed by atoms with Crippen LogP contribution in [0, 0.1) is 0 Å². The average Bonchev–Trinajstić information content (AvgIpc) is 2.52. The van der Waals surface area contributed by atoms with Gasteiger partial charge in [-0.05, 0) is 17.7 Å². The van der Waals surface area contributed by atoms with Crippen LogP contribution in [0.15, 0.2) is 30.6 Å². The molecule has 0 saturated heterocycles. The third-order valence-corrected chi connectivity index (χ3v) is 2.51. The maximum Gasteiger partial charge on any atom is 0.376 e. The summed E-state index contributed by atoms with van der Waals surface area (Å²) in [7, 11) is 2.85. The number of esters is 1. The number of hydrogen-bond donors (Lipinski definition) is 1. The summed E-state index contributed by atoms with van der Waals surface area (Å²) in [6.07, 6.45) is 3.16. The van der Waals surface area contributed by atoms with Gasteiger partial charge in [0.25, 0.3) is 0 Å². The maximum absolute atomic E-state index is 11.3. The molecule has 0 aliphatic heterocycles. The molecule has 0 fully saturated rings. The number of anilines is 1. The number of nitrogens with one attached hydrogen (secondary N) is 1. The van der Waals surface area contributed by atoms with Crippen molar-refractivity contribution in [2.75, 3.05) is 19.5 Å². The van der Waals surface area contributed by atoms with Crippen LogP contribution < -0.4 is 10.1 Å². The highest BCUT2D eigenvalue weighted by Crippen LogP contribution is 2.11. The van der Waals surface area contributed by atoms with Crippen molar-refractivity contribution in [3.05, 3.63) is 42.0 Å². The molecule has 0 radical (unpaired) electrons. The Morgan fingerprint density at radius 1 is 1.25 bits per heavy atom. The van der Waals surface area contributed by atoms with Gasteiger partial charge < -0.3 is 14.8 Å². The van der Waals surface area contributed by atoms with Gasteiger partial charge in [0, 0.05) is 25.0 Å². The van der Waals surface area contributed by atoms with Crippen molar-refractivity contribution in [2.45, 2.75) is 6.54 Å². The molecule has 7 heteroatoms. The minimum atomic E-state index is -0.570. The molecule has 2 rings (SSSR count). The Hall–Kier alpha value is -2.70. The van der Waals surface area contributed by atoms with E-state index in [4.69, 9.17) is 4.74 Å². The van der Waals surface area contributed by atoms with E-state index in [1.165, 1.54) is 13.3 Å². The molecule has 20 heavy (non-hydrogen) atoms.